The maximum atomic E-state index is 12.6. The number of carbonyl (C=O) groups is 2. The van der Waals surface area contributed by atoms with Crippen molar-refractivity contribution in [2.75, 3.05) is 10.6 Å². The predicted molar refractivity (Wildman–Crippen MR) is 121 cm³/mol. The van der Waals surface area contributed by atoms with Crippen LogP contribution in [0.3, 0.4) is 0 Å². The molecule has 0 aliphatic carbocycles. The zero-order chi connectivity index (χ0) is 22.8. The summed E-state index contributed by atoms with van der Waals surface area (Å²) in [4.78, 5) is 35.3. The molecule has 0 spiro atoms. The number of hydrogen-bond acceptors (Lipinski definition) is 5. The lowest BCUT2D eigenvalue weighted by Crippen LogP contribution is -2.14. The molecule has 32 heavy (non-hydrogen) atoms. The van der Waals surface area contributed by atoms with Gasteiger partial charge in [-0.1, -0.05) is 29.8 Å². The Morgan fingerprint density at radius 1 is 0.969 bits per heavy atom. The van der Waals surface area contributed by atoms with Gasteiger partial charge in [0.05, 0.1) is 15.5 Å². The van der Waals surface area contributed by atoms with Crippen LogP contribution in [0.1, 0.15) is 26.5 Å². The number of carbonyl (C=O) groups excluding carboxylic acids is 2. The Balaban J connectivity index is 1.47. The summed E-state index contributed by atoms with van der Waals surface area (Å²) in [5.74, 6) is -0.710. The number of rotatable bonds is 5. The molecule has 0 radical (unpaired) electrons. The predicted octanol–water partition coefficient (Wildman–Crippen LogP) is 5.81. The first-order valence-electron chi connectivity index (χ1n) is 9.48. The van der Waals surface area contributed by atoms with Crippen molar-refractivity contribution < 1.29 is 18.9 Å². The van der Waals surface area contributed by atoms with Gasteiger partial charge in [-0.15, -0.1) is 0 Å². The number of nitrogens with zero attached hydrogens (tertiary/aromatic N) is 1. The Kier molecular flexibility index (Phi) is 5.61. The molecular formula is C23H16ClN3O5. The third kappa shape index (κ3) is 4.30. The standard InChI is InChI=1S/C23H16ClN3O5/c1-13-10-15(25-22(28)17-8-7-16(27(30)31)12-18(17)24)6-9-19(13)26-23(29)21-11-14-4-2-3-5-20(14)32-21/h2-12H,1H3,(H,25,28)(H,26,29). The lowest BCUT2D eigenvalue weighted by molar-refractivity contribution is -0.384. The van der Waals surface area contributed by atoms with Crippen LogP contribution in [0.2, 0.25) is 5.02 Å². The first-order valence-corrected chi connectivity index (χ1v) is 9.85. The fourth-order valence-corrected chi connectivity index (χ4v) is 3.42. The molecule has 1 heterocycles. The number of para-hydroxylation sites is 1. The minimum atomic E-state index is -0.588. The Morgan fingerprint density at radius 2 is 1.75 bits per heavy atom. The SMILES string of the molecule is Cc1cc(NC(=O)c2ccc([N+](=O)[O-])cc2Cl)ccc1NC(=O)c1cc2ccccc2o1. The molecule has 2 amide bonds. The number of fused-ring (bicyclic) bond motifs is 1. The molecule has 8 nitrogen and oxygen atoms in total. The number of amides is 2. The molecule has 4 rings (SSSR count). The number of furan rings is 1. The molecule has 0 unspecified atom stereocenters. The first-order chi connectivity index (χ1) is 15.3. The molecule has 0 saturated heterocycles. The van der Waals surface area contributed by atoms with E-state index < -0.39 is 16.7 Å². The van der Waals surface area contributed by atoms with E-state index in [1.165, 1.54) is 12.1 Å². The highest BCUT2D eigenvalue weighted by atomic mass is 35.5. The fraction of sp³-hybridized carbons (Fsp3) is 0.0435. The highest BCUT2D eigenvalue weighted by molar-refractivity contribution is 6.34. The number of halogens is 1. The van der Waals surface area contributed by atoms with Crippen LogP contribution in [0.15, 0.2) is 71.1 Å². The van der Waals surface area contributed by atoms with E-state index in [0.717, 1.165) is 11.5 Å². The molecule has 3 aromatic carbocycles. The minimum absolute atomic E-state index is 0.0249. The van der Waals surface area contributed by atoms with Crippen molar-refractivity contribution in [3.63, 3.8) is 0 Å². The van der Waals surface area contributed by atoms with E-state index in [0.29, 0.717) is 22.5 Å². The zero-order valence-corrected chi connectivity index (χ0v) is 17.5. The highest BCUT2D eigenvalue weighted by Gasteiger charge is 2.16. The number of aryl methyl sites for hydroxylation is 1. The fourth-order valence-electron chi connectivity index (χ4n) is 3.16. The molecule has 2 N–H and O–H groups in total. The summed E-state index contributed by atoms with van der Waals surface area (Å²) in [5, 5.41) is 17.1. The van der Waals surface area contributed by atoms with Gasteiger partial charge in [-0.3, -0.25) is 19.7 Å². The summed E-state index contributed by atoms with van der Waals surface area (Å²) in [7, 11) is 0. The Hall–Kier alpha value is -4.17. The zero-order valence-electron chi connectivity index (χ0n) is 16.7. The molecule has 1 aromatic heterocycles. The number of non-ortho nitro benzene ring substituents is 1. The van der Waals surface area contributed by atoms with Gasteiger partial charge in [0.1, 0.15) is 5.58 Å². The van der Waals surface area contributed by atoms with Crippen LogP contribution < -0.4 is 10.6 Å². The number of benzene rings is 3. The van der Waals surface area contributed by atoms with E-state index in [1.807, 2.05) is 18.2 Å². The summed E-state index contributed by atoms with van der Waals surface area (Å²) in [6.45, 7) is 1.78. The van der Waals surface area contributed by atoms with Crippen LogP contribution in [0.5, 0.6) is 0 Å². The topological polar surface area (TPSA) is 114 Å². The lowest BCUT2D eigenvalue weighted by Gasteiger charge is -2.11. The summed E-state index contributed by atoms with van der Waals surface area (Å²) < 4.78 is 5.58. The van der Waals surface area contributed by atoms with Gasteiger partial charge < -0.3 is 15.1 Å². The molecule has 4 aromatic rings. The number of hydrogen-bond donors (Lipinski definition) is 2. The Bertz CT molecular complexity index is 1350. The molecular weight excluding hydrogens is 434 g/mol. The summed E-state index contributed by atoms with van der Waals surface area (Å²) >= 11 is 6.01. The van der Waals surface area contributed by atoms with E-state index in [4.69, 9.17) is 16.0 Å². The number of nitro groups is 1. The Labute approximate surface area is 186 Å². The maximum absolute atomic E-state index is 12.6. The van der Waals surface area contributed by atoms with Crippen molar-refractivity contribution in [3.05, 3.63) is 98.8 Å². The van der Waals surface area contributed by atoms with Gasteiger partial charge in [0, 0.05) is 28.9 Å². The lowest BCUT2D eigenvalue weighted by atomic mass is 10.1. The van der Waals surface area contributed by atoms with Crippen LogP contribution in [-0.4, -0.2) is 16.7 Å². The van der Waals surface area contributed by atoms with Gasteiger partial charge in [-0.2, -0.15) is 0 Å². The van der Waals surface area contributed by atoms with Crippen molar-refractivity contribution in [3.8, 4) is 0 Å². The number of anilines is 2. The van der Waals surface area contributed by atoms with Gasteiger partial charge in [-0.25, -0.2) is 0 Å². The van der Waals surface area contributed by atoms with Crippen molar-refractivity contribution in [2.45, 2.75) is 6.92 Å². The minimum Gasteiger partial charge on any atom is -0.451 e. The molecule has 0 bridgehead atoms. The summed E-state index contributed by atoms with van der Waals surface area (Å²) in [6.07, 6.45) is 0. The maximum Gasteiger partial charge on any atom is 0.291 e. The van der Waals surface area contributed by atoms with Crippen molar-refractivity contribution in [2.24, 2.45) is 0 Å². The smallest absolute Gasteiger partial charge is 0.291 e. The monoisotopic (exact) mass is 449 g/mol. The third-order valence-electron chi connectivity index (χ3n) is 4.79. The number of nitrogens with one attached hydrogen (secondary N) is 2. The van der Waals surface area contributed by atoms with Gasteiger partial charge in [0.15, 0.2) is 5.76 Å². The molecule has 0 aliphatic heterocycles. The highest BCUT2D eigenvalue weighted by Crippen LogP contribution is 2.26. The van der Waals surface area contributed by atoms with E-state index >= 15 is 0 Å². The van der Waals surface area contributed by atoms with E-state index in [-0.39, 0.29) is 22.0 Å². The normalized spacial score (nSPS) is 10.7. The van der Waals surface area contributed by atoms with Crippen LogP contribution >= 0.6 is 11.6 Å². The Morgan fingerprint density at radius 3 is 2.44 bits per heavy atom. The van der Waals surface area contributed by atoms with Gasteiger partial charge in [-0.05, 0) is 48.9 Å². The molecule has 9 heteroatoms. The quantitative estimate of drug-likeness (QED) is 0.295. The largest absolute Gasteiger partial charge is 0.451 e. The third-order valence-corrected chi connectivity index (χ3v) is 5.10. The van der Waals surface area contributed by atoms with Crippen LogP contribution in [0.4, 0.5) is 17.1 Å². The van der Waals surface area contributed by atoms with E-state index in [9.17, 15) is 19.7 Å². The first kappa shape index (κ1) is 21.1. The number of nitro benzene ring substituents is 1. The van der Waals surface area contributed by atoms with E-state index in [2.05, 4.69) is 10.6 Å². The average Bonchev–Trinajstić information content (AvgIpc) is 3.20. The molecule has 0 atom stereocenters. The summed E-state index contributed by atoms with van der Waals surface area (Å²) in [5.41, 5.74) is 2.27. The summed E-state index contributed by atoms with van der Waals surface area (Å²) in [6, 6.07) is 17.6. The van der Waals surface area contributed by atoms with Crippen LogP contribution in [-0.2, 0) is 0 Å². The van der Waals surface area contributed by atoms with Crippen molar-refractivity contribution in [1.29, 1.82) is 0 Å². The van der Waals surface area contributed by atoms with Crippen LogP contribution in [0.25, 0.3) is 11.0 Å². The molecule has 0 aliphatic rings. The molecule has 0 saturated carbocycles. The van der Waals surface area contributed by atoms with Gasteiger partial charge in [0.2, 0.25) is 0 Å². The molecule has 0 fully saturated rings. The second kappa shape index (κ2) is 8.52. The second-order valence-corrected chi connectivity index (χ2v) is 7.41. The van der Waals surface area contributed by atoms with Crippen molar-refractivity contribution >= 4 is 51.4 Å². The second-order valence-electron chi connectivity index (χ2n) is 7.01. The van der Waals surface area contributed by atoms with E-state index in [1.54, 1.807) is 37.3 Å². The van der Waals surface area contributed by atoms with Crippen molar-refractivity contribution in [1.82, 2.24) is 0 Å². The van der Waals surface area contributed by atoms with Crippen LogP contribution in [0, 0.1) is 17.0 Å². The van der Waals surface area contributed by atoms with Gasteiger partial charge >= 0.3 is 0 Å². The molecule has 160 valence electrons. The van der Waals surface area contributed by atoms with Gasteiger partial charge in [0.25, 0.3) is 17.5 Å². The average molecular weight is 450 g/mol.